The summed E-state index contributed by atoms with van der Waals surface area (Å²) in [6.07, 6.45) is 2.49. The van der Waals surface area contributed by atoms with Crippen LogP contribution < -0.4 is 11.1 Å². The number of amides is 1. The van der Waals surface area contributed by atoms with Crippen molar-refractivity contribution in [1.29, 1.82) is 0 Å². The molecule has 0 unspecified atom stereocenters. The number of para-hydroxylation sites is 2. The normalized spacial score (nSPS) is 17.6. The Morgan fingerprint density at radius 1 is 1.25 bits per heavy atom. The molecule has 2 N–H and O–H groups in total. The van der Waals surface area contributed by atoms with Crippen molar-refractivity contribution in [3.63, 3.8) is 0 Å². The van der Waals surface area contributed by atoms with Crippen molar-refractivity contribution in [3.05, 3.63) is 46.5 Å². The van der Waals surface area contributed by atoms with E-state index in [2.05, 4.69) is 29.3 Å². The predicted molar refractivity (Wildman–Crippen MR) is 142 cm³/mol. The summed E-state index contributed by atoms with van der Waals surface area (Å²) in [5.41, 5.74) is 1.79. The van der Waals surface area contributed by atoms with Crippen LogP contribution in [-0.2, 0) is 11.3 Å². The highest BCUT2D eigenvalue weighted by Crippen LogP contribution is 2.26. The van der Waals surface area contributed by atoms with E-state index in [1.807, 2.05) is 33.7 Å². The molecule has 1 aromatic carbocycles. The lowest BCUT2D eigenvalue weighted by Gasteiger charge is -2.38. The summed E-state index contributed by atoms with van der Waals surface area (Å²) in [6.45, 7) is 7.56. The maximum Gasteiger partial charge on any atom is 0.438 e. The van der Waals surface area contributed by atoms with Gasteiger partial charge in [0.25, 0.3) is 5.91 Å². The van der Waals surface area contributed by atoms with Crippen LogP contribution in [0.25, 0.3) is 11.0 Å². The summed E-state index contributed by atoms with van der Waals surface area (Å²) in [6, 6.07) is 7.82. The van der Waals surface area contributed by atoms with E-state index in [4.69, 9.17) is 14.2 Å². The molecule has 12 heteroatoms. The lowest BCUT2D eigenvalue weighted by Crippen LogP contribution is -2.52. The van der Waals surface area contributed by atoms with E-state index in [1.165, 1.54) is 0 Å². The minimum absolute atomic E-state index is 0. The van der Waals surface area contributed by atoms with Crippen molar-refractivity contribution in [2.75, 3.05) is 33.4 Å². The molecule has 0 spiro atoms. The number of fused-ring (bicyclic) bond motifs is 1. The largest absolute Gasteiger partial charge is 0.438 e. The quantitative estimate of drug-likeness (QED) is 0.377. The molecule has 1 amide bonds. The first-order valence-electron chi connectivity index (χ1n) is 12.0. The Morgan fingerprint density at radius 3 is 2.72 bits per heavy atom. The zero-order valence-corrected chi connectivity index (χ0v) is 22.6. The van der Waals surface area contributed by atoms with Gasteiger partial charge in [0.15, 0.2) is 11.6 Å². The Hall–Kier alpha value is -2.40. The number of aryl methyl sites for hydroxylation is 1. The minimum Gasteiger partial charge on any atom is -0.385 e. The molecule has 3 heterocycles. The number of unbranched alkanes of at least 4 members (excludes halogenated alkanes) is 1. The van der Waals surface area contributed by atoms with Gasteiger partial charge in [0.05, 0.1) is 11.0 Å². The van der Waals surface area contributed by atoms with Crippen LogP contribution in [0.5, 0.6) is 0 Å². The van der Waals surface area contributed by atoms with Gasteiger partial charge in [0.2, 0.25) is 0 Å². The van der Waals surface area contributed by atoms with Gasteiger partial charge in [-0.1, -0.05) is 31.1 Å². The van der Waals surface area contributed by atoms with Crippen LogP contribution in [0.2, 0.25) is 0 Å². The van der Waals surface area contributed by atoms with E-state index in [0.717, 1.165) is 23.9 Å². The number of benzene rings is 1. The third-order valence-corrected chi connectivity index (χ3v) is 6.26. The van der Waals surface area contributed by atoms with Gasteiger partial charge in [-0.25, -0.2) is 9.78 Å². The van der Waals surface area contributed by atoms with Crippen LogP contribution in [0.15, 0.2) is 33.6 Å². The number of H-pyrrole nitrogens is 1. The molecule has 2 aromatic heterocycles. The standard InChI is InChI=1S/C24H34N6O4.2ClH/c1-16(2)15-30(18-12-17(13-25-14-18)21-27-24(32)34-28-21)23(31)22-26-19-8-4-5-9-20(19)29(22)10-6-7-11-33-3;;/h4-5,8-9,16-18,25H,6-7,10-15H2,1-3H3,(H,27,28,32);2*1H/t17-,18+;;/m1../s1. The van der Waals surface area contributed by atoms with Crippen LogP contribution >= 0.6 is 24.8 Å². The highest BCUT2D eigenvalue weighted by Gasteiger charge is 2.34. The number of rotatable bonds is 10. The number of hydrogen-bond donors (Lipinski definition) is 2. The molecular formula is C24H36Cl2N6O4. The van der Waals surface area contributed by atoms with Gasteiger partial charge >= 0.3 is 5.76 Å². The molecule has 4 rings (SSSR count). The van der Waals surface area contributed by atoms with Gasteiger partial charge in [-0.3, -0.25) is 14.3 Å². The zero-order chi connectivity index (χ0) is 24.1. The summed E-state index contributed by atoms with van der Waals surface area (Å²) >= 11 is 0. The van der Waals surface area contributed by atoms with E-state index in [-0.39, 0.29) is 48.6 Å². The first kappa shape index (κ1) is 29.8. The number of imidazole rings is 1. The van der Waals surface area contributed by atoms with Gasteiger partial charge in [-0.2, -0.15) is 0 Å². The van der Waals surface area contributed by atoms with Crippen molar-refractivity contribution in [2.45, 2.75) is 51.6 Å². The summed E-state index contributed by atoms with van der Waals surface area (Å²) in [5, 5.41) is 7.28. The van der Waals surface area contributed by atoms with E-state index in [9.17, 15) is 9.59 Å². The molecule has 10 nitrogen and oxygen atoms in total. The second kappa shape index (κ2) is 13.8. The first-order chi connectivity index (χ1) is 16.5. The van der Waals surface area contributed by atoms with Crippen molar-refractivity contribution < 1.29 is 14.1 Å². The molecule has 0 saturated carbocycles. The van der Waals surface area contributed by atoms with Crippen LogP contribution in [0.4, 0.5) is 0 Å². The van der Waals surface area contributed by atoms with Gasteiger partial charge in [0, 0.05) is 51.9 Å². The number of nitrogens with zero attached hydrogens (tertiary/aromatic N) is 4. The smallest absolute Gasteiger partial charge is 0.385 e. The Kier molecular flexibility index (Phi) is 11.4. The number of aromatic nitrogens is 4. The van der Waals surface area contributed by atoms with E-state index in [0.29, 0.717) is 50.9 Å². The molecule has 0 radical (unpaired) electrons. The summed E-state index contributed by atoms with van der Waals surface area (Å²) in [7, 11) is 1.70. The molecule has 1 aliphatic heterocycles. The number of piperidine rings is 1. The highest BCUT2D eigenvalue weighted by molar-refractivity contribution is 5.95. The number of hydrogen-bond acceptors (Lipinski definition) is 7. The first-order valence-corrected chi connectivity index (χ1v) is 12.0. The van der Waals surface area contributed by atoms with Crippen LogP contribution in [0, 0.1) is 5.92 Å². The molecule has 0 bridgehead atoms. The number of carbonyl (C=O) groups excluding carboxylic acids is 1. The molecule has 2 atom stereocenters. The molecule has 36 heavy (non-hydrogen) atoms. The molecule has 1 aliphatic rings. The molecule has 1 saturated heterocycles. The minimum atomic E-state index is -0.561. The Balaban J connectivity index is 0.00000228. The van der Waals surface area contributed by atoms with Crippen molar-refractivity contribution in [2.24, 2.45) is 5.92 Å². The van der Waals surface area contributed by atoms with Gasteiger partial charge in [0.1, 0.15) is 0 Å². The number of methoxy groups -OCH3 is 1. The molecule has 0 aliphatic carbocycles. The number of nitrogens with one attached hydrogen (secondary N) is 2. The van der Waals surface area contributed by atoms with Crippen LogP contribution in [-0.4, -0.2) is 69.9 Å². The third kappa shape index (κ3) is 6.88. The molecular weight excluding hydrogens is 507 g/mol. The topological polar surface area (TPSA) is 118 Å². The summed E-state index contributed by atoms with van der Waals surface area (Å²) in [5.74, 6) is 0.601. The van der Waals surface area contributed by atoms with Gasteiger partial charge < -0.3 is 19.5 Å². The Bertz CT molecular complexity index is 1160. The molecule has 200 valence electrons. The third-order valence-electron chi connectivity index (χ3n) is 6.26. The number of aromatic amines is 1. The fourth-order valence-electron chi connectivity index (χ4n) is 4.68. The predicted octanol–water partition coefficient (Wildman–Crippen LogP) is 3.23. The summed E-state index contributed by atoms with van der Waals surface area (Å²) in [4.78, 5) is 34.8. The number of ether oxygens (including phenoxy) is 1. The zero-order valence-electron chi connectivity index (χ0n) is 20.9. The van der Waals surface area contributed by atoms with E-state index in [1.54, 1.807) is 7.11 Å². The average Bonchev–Trinajstić information content (AvgIpc) is 3.43. The van der Waals surface area contributed by atoms with E-state index < -0.39 is 5.76 Å². The van der Waals surface area contributed by atoms with Crippen molar-refractivity contribution >= 4 is 41.8 Å². The second-order valence-electron chi connectivity index (χ2n) is 9.35. The maximum atomic E-state index is 14.0. The van der Waals surface area contributed by atoms with Crippen molar-refractivity contribution in [1.82, 2.24) is 29.9 Å². The fourth-order valence-corrected chi connectivity index (χ4v) is 4.68. The molecule has 1 fully saturated rings. The average molecular weight is 543 g/mol. The highest BCUT2D eigenvalue weighted by atomic mass is 35.5. The van der Waals surface area contributed by atoms with Gasteiger partial charge in [-0.05, 0) is 37.3 Å². The number of carbonyl (C=O) groups is 1. The second-order valence-corrected chi connectivity index (χ2v) is 9.35. The Labute approximate surface area is 223 Å². The van der Waals surface area contributed by atoms with Crippen LogP contribution in [0.1, 0.15) is 55.5 Å². The van der Waals surface area contributed by atoms with E-state index >= 15 is 0 Å². The van der Waals surface area contributed by atoms with Gasteiger partial charge in [-0.15, -0.1) is 24.8 Å². The lowest BCUT2D eigenvalue weighted by atomic mass is 9.93. The lowest BCUT2D eigenvalue weighted by molar-refractivity contribution is 0.0590. The monoisotopic (exact) mass is 542 g/mol. The van der Waals surface area contributed by atoms with Crippen LogP contribution in [0.3, 0.4) is 0 Å². The number of halogens is 2. The fraction of sp³-hybridized carbons (Fsp3) is 0.583. The summed E-state index contributed by atoms with van der Waals surface area (Å²) < 4.78 is 11.9. The van der Waals surface area contributed by atoms with Crippen molar-refractivity contribution in [3.8, 4) is 0 Å². The molecule has 3 aromatic rings. The maximum absolute atomic E-state index is 14.0. The SMILES string of the molecule is COCCCCn1c(C(=O)N(CC(C)C)[C@@H]2CNC[C@H](c3noc(=O)[nH]3)C2)nc2ccccc21.Cl.Cl. The Morgan fingerprint density at radius 2 is 2.03 bits per heavy atom.